The Kier molecular flexibility index (Phi) is 6.97. The van der Waals surface area contributed by atoms with E-state index in [1.54, 1.807) is 14.2 Å². The molecule has 1 heterocycles. The van der Waals surface area contributed by atoms with Gasteiger partial charge in [-0.2, -0.15) is 5.10 Å². The van der Waals surface area contributed by atoms with Gasteiger partial charge in [-0.1, -0.05) is 0 Å². The van der Waals surface area contributed by atoms with Gasteiger partial charge in [-0.15, -0.1) is 0 Å². The smallest absolute Gasteiger partial charge is 0.191 e. The Morgan fingerprint density at radius 3 is 2.54 bits per heavy atom. The van der Waals surface area contributed by atoms with Crippen molar-refractivity contribution in [1.29, 1.82) is 0 Å². The van der Waals surface area contributed by atoms with Gasteiger partial charge < -0.3 is 20.1 Å². The topological polar surface area (TPSA) is 96.5 Å². The van der Waals surface area contributed by atoms with Crippen LogP contribution in [0.4, 0.5) is 0 Å². The fourth-order valence-electron chi connectivity index (χ4n) is 2.10. The van der Waals surface area contributed by atoms with Gasteiger partial charge in [0.15, 0.2) is 11.8 Å². The molecule has 2 rings (SSSR count). The molecule has 2 aromatic rings. The standard InChI is InChI=1S/C18H28N6O2/c1-6-19-17(21-12-18(2,3)26-5)20-11-15-22-16(24-23-15)13-7-9-14(25-4)10-8-13/h7-10H,6,11-12H2,1-5H3,(H2,19,20,21)(H,22,23,24). The molecule has 0 aliphatic rings. The average Bonchev–Trinajstić information content (AvgIpc) is 3.13. The zero-order valence-electron chi connectivity index (χ0n) is 16.1. The molecular formula is C18H28N6O2. The highest BCUT2D eigenvalue weighted by Gasteiger charge is 2.16. The number of methoxy groups -OCH3 is 2. The Morgan fingerprint density at radius 1 is 1.19 bits per heavy atom. The van der Waals surface area contributed by atoms with E-state index in [1.165, 1.54) is 0 Å². The first-order chi connectivity index (χ1) is 12.5. The van der Waals surface area contributed by atoms with Crippen molar-refractivity contribution in [3.8, 4) is 17.1 Å². The largest absolute Gasteiger partial charge is 0.497 e. The summed E-state index contributed by atoms with van der Waals surface area (Å²) in [7, 11) is 3.34. The number of guanidine groups is 1. The molecule has 0 fully saturated rings. The summed E-state index contributed by atoms with van der Waals surface area (Å²) in [5, 5.41) is 13.7. The SMILES string of the molecule is CCNC(=NCc1nc(-c2ccc(OC)cc2)n[nH]1)NCC(C)(C)OC. The van der Waals surface area contributed by atoms with E-state index in [-0.39, 0.29) is 5.60 Å². The Labute approximate surface area is 154 Å². The molecule has 1 aromatic heterocycles. The zero-order valence-corrected chi connectivity index (χ0v) is 16.1. The van der Waals surface area contributed by atoms with Crippen LogP contribution < -0.4 is 15.4 Å². The van der Waals surface area contributed by atoms with Gasteiger partial charge in [-0.05, 0) is 45.0 Å². The minimum atomic E-state index is -0.274. The number of nitrogens with zero attached hydrogens (tertiary/aromatic N) is 3. The minimum Gasteiger partial charge on any atom is -0.497 e. The van der Waals surface area contributed by atoms with Crippen LogP contribution in [0, 0.1) is 0 Å². The van der Waals surface area contributed by atoms with Gasteiger partial charge in [0.25, 0.3) is 0 Å². The summed E-state index contributed by atoms with van der Waals surface area (Å²) in [5.74, 6) is 2.84. The number of H-pyrrole nitrogens is 1. The van der Waals surface area contributed by atoms with Gasteiger partial charge in [0.05, 0.1) is 12.7 Å². The first kappa shape index (κ1) is 19.7. The van der Waals surface area contributed by atoms with Gasteiger partial charge >= 0.3 is 0 Å². The lowest BCUT2D eigenvalue weighted by molar-refractivity contribution is 0.0268. The Balaban J connectivity index is 2.01. The molecule has 0 aliphatic carbocycles. The molecule has 142 valence electrons. The van der Waals surface area contributed by atoms with E-state index in [4.69, 9.17) is 9.47 Å². The van der Waals surface area contributed by atoms with Crippen LogP contribution in [0.15, 0.2) is 29.3 Å². The highest BCUT2D eigenvalue weighted by atomic mass is 16.5. The average molecular weight is 360 g/mol. The second-order valence-corrected chi connectivity index (χ2v) is 6.35. The lowest BCUT2D eigenvalue weighted by atomic mass is 10.1. The fraction of sp³-hybridized carbons (Fsp3) is 0.500. The molecule has 0 aliphatic heterocycles. The van der Waals surface area contributed by atoms with Crippen molar-refractivity contribution < 1.29 is 9.47 Å². The summed E-state index contributed by atoms with van der Waals surface area (Å²) >= 11 is 0. The maximum Gasteiger partial charge on any atom is 0.191 e. The number of aromatic amines is 1. The molecule has 0 radical (unpaired) electrons. The van der Waals surface area contributed by atoms with E-state index in [0.717, 1.165) is 17.9 Å². The summed E-state index contributed by atoms with van der Waals surface area (Å²) in [6.07, 6.45) is 0. The third-order valence-electron chi connectivity index (χ3n) is 3.85. The molecule has 0 atom stereocenters. The van der Waals surface area contributed by atoms with Crippen molar-refractivity contribution in [2.45, 2.75) is 32.9 Å². The third-order valence-corrected chi connectivity index (χ3v) is 3.85. The third kappa shape index (κ3) is 5.73. The number of rotatable bonds is 8. The molecule has 26 heavy (non-hydrogen) atoms. The van der Waals surface area contributed by atoms with Crippen molar-refractivity contribution in [2.24, 2.45) is 4.99 Å². The maximum atomic E-state index is 5.42. The number of hydrogen-bond donors (Lipinski definition) is 3. The van der Waals surface area contributed by atoms with Crippen molar-refractivity contribution in [3.63, 3.8) is 0 Å². The summed E-state index contributed by atoms with van der Waals surface area (Å²) < 4.78 is 10.6. The Bertz CT molecular complexity index is 709. The first-order valence-electron chi connectivity index (χ1n) is 8.60. The van der Waals surface area contributed by atoms with Gasteiger partial charge in [0.1, 0.15) is 18.1 Å². The predicted molar refractivity (Wildman–Crippen MR) is 102 cm³/mol. The molecule has 0 unspecified atom stereocenters. The fourth-order valence-corrected chi connectivity index (χ4v) is 2.10. The molecule has 8 heteroatoms. The number of aliphatic imine (C=N–C) groups is 1. The molecule has 1 aromatic carbocycles. The summed E-state index contributed by atoms with van der Waals surface area (Å²) in [5.41, 5.74) is 0.647. The van der Waals surface area contributed by atoms with E-state index in [1.807, 2.05) is 45.0 Å². The number of hydrogen-bond acceptors (Lipinski definition) is 5. The summed E-state index contributed by atoms with van der Waals surface area (Å²) in [4.78, 5) is 9.04. The monoisotopic (exact) mass is 360 g/mol. The van der Waals surface area contributed by atoms with Crippen LogP contribution in [0.5, 0.6) is 5.75 Å². The first-order valence-corrected chi connectivity index (χ1v) is 8.60. The van der Waals surface area contributed by atoms with E-state index in [0.29, 0.717) is 30.7 Å². The lowest BCUT2D eigenvalue weighted by Crippen LogP contribution is -2.45. The van der Waals surface area contributed by atoms with Crippen molar-refractivity contribution in [1.82, 2.24) is 25.8 Å². The molecule has 3 N–H and O–H groups in total. The second-order valence-electron chi connectivity index (χ2n) is 6.35. The molecule has 0 saturated carbocycles. The normalized spacial score (nSPS) is 12.1. The Hall–Kier alpha value is -2.61. The van der Waals surface area contributed by atoms with Gasteiger partial charge in [-0.25, -0.2) is 9.98 Å². The van der Waals surface area contributed by atoms with E-state index < -0.39 is 0 Å². The van der Waals surface area contributed by atoms with Crippen molar-refractivity contribution in [3.05, 3.63) is 30.1 Å². The molecule has 0 spiro atoms. The Morgan fingerprint density at radius 2 is 1.92 bits per heavy atom. The minimum absolute atomic E-state index is 0.274. The van der Waals surface area contributed by atoms with Crippen LogP contribution in [-0.4, -0.2) is 54.1 Å². The summed E-state index contributed by atoms with van der Waals surface area (Å²) in [6, 6.07) is 7.61. The van der Waals surface area contributed by atoms with Crippen LogP contribution in [0.1, 0.15) is 26.6 Å². The lowest BCUT2D eigenvalue weighted by Gasteiger charge is -2.24. The van der Waals surface area contributed by atoms with Crippen LogP contribution >= 0.6 is 0 Å². The van der Waals surface area contributed by atoms with Gasteiger partial charge in [0.2, 0.25) is 0 Å². The van der Waals surface area contributed by atoms with Crippen LogP contribution in [0.2, 0.25) is 0 Å². The molecular weight excluding hydrogens is 332 g/mol. The zero-order chi connectivity index (χ0) is 19.0. The van der Waals surface area contributed by atoms with E-state index in [2.05, 4.69) is 30.8 Å². The van der Waals surface area contributed by atoms with Gasteiger partial charge in [-0.3, -0.25) is 5.10 Å². The highest BCUT2D eigenvalue weighted by molar-refractivity contribution is 5.79. The predicted octanol–water partition coefficient (Wildman–Crippen LogP) is 1.96. The van der Waals surface area contributed by atoms with E-state index in [9.17, 15) is 0 Å². The molecule has 8 nitrogen and oxygen atoms in total. The summed E-state index contributed by atoms with van der Waals surface area (Å²) in [6.45, 7) is 7.86. The van der Waals surface area contributed by atoms with Crippen LogP contribution in [0.3, 0.4) is 0 Å². The van der Waals surface area contributed by atoms with Crippen LogP contribution in [-0.2, 0) is 11.3 Å². The van der Waals surface area contributed by atoms with Crippen LogP contribution in [0.25, 0.3) is 11.4 Å². The number of ether oxygens (including phenoxy) is 2. The van der Waals surface area contributed by atoms with Crippen molar-refractivity contribution >= 4 is 5.96 Å². The number of benzene rings is 1. The van der Waals surface area contributed by atoms with Crippen molar-refractivity contribution in [2.75, 3.05) is 27.3 Å². The molecule has 0 amide bonds. The second kappa shape index (κ2) is 9.19. The molecule has 0 bridgehead atoms. The number of aromatic nitrogens is 3. The number of nitrogens with one attached hydrogen (secondary N) is 3. The van der Waals surface area contributed by atoms with Gasteiger partial charge in [0, 0.05) is 25.8 Å². The van der Waals surface area contributed by atoms with E-state index >= 15 is 0 Å². The highest BCUT2D eigenvalue weighted by Crippen LogP contribution is 2.19. The maximum absolute atomic E-state index is 5.42. The molecule has 0 saturated heterocycles. The quantitative estimate of drug-likeness (QED) is 0.492.